The maximum Gasteiger partial charge on any atom is 0.279 e. The normalized spacial score (nSPS) is 11.4. The average molecular weight is 323 g/mol. The third-order valence-electron chi connectivity index (χ3n) is 3.06. The summed E-state index contributed by atoms with van der Waals surface area (Å²) in [6.45, 7) is 3.55. The number of carbonyl (C=O) groups excluding carboxylic acids is 2. The Morgan fingerprint density at radius 1 is 1.22 bits per heavy atom. The van der Waals surface area contributed by atoms with Gasteiger partial charge in [0.2, 0.25) is 5.91 Å². The summed E-state index contributed by atoms with van der Waals surface area (Å²) in [5.41, 5.74) is 4.55. The highest BCUT2D eigenvalue weighted by Crippen LogP contribution is 2.18. The van der Waals surface area contributed by atoms with E-state index in [4.69, 9.17) is 4.74 Å². The molecule has 2 amide bonds. The molecule has 126 valence electrons. The Balaban J connectivity index is 2.38. The van der Waals surface area contributed by atoms with E-state index < -0.39 is 16.9 Å². The van der Waals surface area contributed by atoms with E-state index in [0.717, 1.165) is 19.3 Å². The second kappa shape index (κ2) is 9.39. The van der Waals surface area contributed by atoms with E-state index in [-0.39, 0.29) is 11.6 Å². The predicted molar refractivity (Wildman–Crippen MR) is 83.6 cm³/mol. The van der Waals surface area contributed by atoms with E-state index in [0.29, 0.717) is 12.2 Å². The van der Waals surface area contributed by atoms with E-state index in [1.807, 2.05) is 6.92 Å². The Hall–Kier alpha value is -2.64. The highest BCUT2D eigenvalue weighted by atomic mass is 16.6. The molecular weight excluding hydrogens is 302 g/mol. The molecule has 0 bridgehead atoms. The fourth-order valence-corrected chi connectivity index (χ4v) is 1.74. The molecule has 1 aromatic carbocycles. The quantitative estimate of drug-likeness (QED) is 0.432. The Kier molecular flexibility index (Phi) is 7.52. The maximum atomic E-state index is 11.8. The van der Waals surface area contributed by atoms with Crippen molar-refractivity contribution in [2.24, 2.45) is 0 Å². The Labute approximate surface area is 134 Å². The highest BCUT2D eigenvalue weighted by Gasteiger charge is 2.16. The molecule has 2 N–H and O–H groups in total. The number of hydrogen-bond acceptors (Lipinski definition) is 5. The van der Waals surface area contributed by atoms with Crippen molar-refractivity contribution in [3.05, 3.63) is 34.4 Å². The van der Waals surface area contributed by atoms with Crippen LogP contribution in [0.1, 0.15) is 39.5 Å². The van der Waals surface area contributed by atoms with Crippen molar-refractivity contribution in [3.63, 3.8) is 0 Å². The molecule has 0 aliphatic carbocycles. The van der Waals surface area contributed by atoms with Gasteiger partial charge in [-0.1, -0.05) is 19.8 Å². The molecule has 0 saturated carbocycles. The summed E-state index contributed by atoms with van der Waals surface area (Å²) in [4.78, 5) is 33.3. The number of nitrogens with one attached hydrogen (secondary N) is 2. The summed E-state index contributed by atoms with van der Waals surface area (Å²) in [6.07, 6.45) is 2.24. The minimum atomic E-state index is -0.854. The molecule has 0 aliphatic rings. The fraction of sp³-hybridized carbons (Fsp3) is 0.467. The lowest BCUT2D eigenvalue weighted by atomic mass is 10.2. The number of unbranched alkanes of at least 4 members (excludes halogenated alkanes) is 2. The summed E-state index contributed by atoms with van der Waals surface area (Å²) in [7, 11) is 0. The zero-order valence-electron chi connectivity index (χ0n) is 13.2. The van der Waals surface area contributed by atoms with Gasteiger partial charge in [0.15, 0.2) is 6.10 Å². The first kappa shape index (κ1) is 18.4. The fourth-order valence-electron chi connectivity index (χ4n) is 1.74. The van der Waals surface area contributed by atoms with Gasteiger partial charge in [-0.25, -0.2) is 0 Å². The number of nitro groups is 1. The van der Waals surface area contributed by atoms with Crippen molar-refractivity contribution in [3.8, 4) is 5.75 Å². The molecule has 1 atom stereocenters. The number of non-ortho nitro benzene ring substituents is 1. The molecule has 0 heterocycles. The Morgan fingerprint density at radius 3 is 2.43 bits per heavy atom. The monoisotopic (exact) mass is 323 g/mol. The molecule has 1 unspecified atom stereocenters. The summed E-state index contributed by atoms with van der Waals surface area (Å²) < 4.78 is 5.36. The van der Waals surface area contributed by atoms with Crippen molar-refractivity contribution in [2.75, 3.05) is 0 Å². The van der Waals surface area contributed by atoms with Gasteiger partial charge in [-0.05, 0) is 25.5 Å². The van der Waals surface area contributed by atoms with Gasteiger partial charge in [-0.15, -0.1) is 0 Å². The zero-order valence-corrected chi connectivity index (χ0v) is 13.2. The Morgan fingerprint density at radius 2 is 1.87 bits per heavy atom. The molecule has 8 heteroatoms. The lowest BCUT2D eigenvalue weighted by Gasteiger charge is -2.15. The van der Waals surface area contributed by atoms with Crippen molar-refractivity contribution in [1.82, 2.24) is 10.9 Å². The van der Waals surface area contributed by atoms with Gasteiger partial charge in [0.1, 0.15) is 5.75 Å². The van der Waals surface area contributed by atoms with Gasteiger partial charge in [0, 0.05) is 18.6 Å². The number of benzene rings is 1. The largest absolute Gasteiger partial charge is 0.481 e. The van der Waals surface area contributed by atoms with E-state index >= 15 is 0 Å². The molecule has 0 spiro atoms. The smallest absolute Gasteiger partial charge is 0.279 e. The summed E-state index contributed by atoms with van der Waals surface area (Å²) >= 11 is 0. The van der Waals surface area contributed by atoms with Crippen LogP contribution >= 0.6 is 0 Å². The van der Waals surface area contributed by atoms with Crippen LogP contribution in [0.15, 0.2) is 24.3 Å². The van der Waals surface area contributed by atoms with E-state index in [2.05, 4.69) is 10.9 Å². The molecule has 0 aromatic heterocycles. The van der Waals surface area contributed by atoms with Crippen LogP contribution in [-0.2, 0) is 9.59 Å². The SMILES string of the molecule is CCCCCC(=O)NNC(=O)C(C)Oc1ccc([N+](=O)[O-])cc1. The first-order valence-corrected chi connectivity index (χ1v) is 7.43. The van der Waals surface area contributed by atoms with Crippen LogP contribution in [0.5, 0.6) is 5.75 Å². The second-order valence-corrected chi connectivity index (χ2v) is 5.01. The number of rotatable bonds is 8. The topological polar surface area (TPSA) is 111 Å². The number of nitro benzene ring substituents is 1. The van der Waals surface area contributed by atoms with Gasteiger partial charge < -0.3 is 4.74 Å². The third kappa shape index (κ3) is 6.77. The van der Waals surface area contributed by atoms with E-state index in [1.54, 1.807) is 0 Å². The van der Waals surface area contributed by atoms with Crippen molar-refractivity contribution >= 4 is 17.5 Å². The van der Waals surface area contributed by atoms with Gasteiger partial charge in [-0.2, -0.15) is 0 Å². The molecule has 0 aliphatic heterocycles. The van der Waals surface area contributed by atoms with Gasteiger partial charge >= 0.3 is 0 Å². The molecule has 0 saturated heterocycles. The van der Waals surface area contributed by atoms with Crippen LogP contribution in [0.4, 0.5) is 5.69 Å². The first-order valence-electron chi connectivity index (χ1n) is 7.43. The Bertz CT molecular complexity index is 545. The molecule has 1 rings (SSSR count). The van der Waals surface area contributed by atoms with Crippen molar-refractivity contribution < 1.29 is 19.2 Å². The minimum absolute atomic E-state index is 0.0613. The van der Waals surface area contributed by atoms with Gasteiger partial charge in [0.05, 0.1) is 4.92 Å². The van der Waals surface area contributed by atoms with Crippen LogP contribution in [0.3, 0.4) is 0 Å². The summed E-state index contributed by atoms with van der Waals surface area (Å²) in [5, 5.41) is 10.5. The lowest BCUT2D eigenvalue weighted by Crippen LogP contribution is -2.47. The number of carbonyl (C=O) groups is 2. The van der Waals surface area contributed by atoms with Crippen LogP contribution in [0, 0.1) is 10.1 Å². The predicted octanol–water partition coefficient (Wildman–Crippen LogP) is 2.09. The molecule has 0 radical (unpaired) electrons. The zero-order chi connectivity index (χ0) is 17.2. The summed E-state index contributed by atoms with van der Waals surface area (Å²) in [6, 6.07) is 5.39. The van der Waals surface area contributed by atoms with Crippen LogP contribution in [-0.4, -0.2) is 22.8 Å². The van der Waals surface area contributed by atoms with E-state index in [1.165, 1.54) is 31.2 Å². The van der Waals surface area contributed by atoms with Crippen molar-refractivity contribution in [2.45, 2.75) is 45.6 Å². The molecule has 0 fully saturated rings. The molecule has 23 heavy (non-hydrogen) atoms. The standard InChI is InChI=1S/C15H21N3O5/c1-3-4-5-6-14(19)16-17-15(20)11(2)23-13-9-7-12(8-10-13)18(21)22/h7-11H,3-6H2,1-2H3,(H,16,19)(H,17,20). The minimum Gasteiger partial charge on any atom is -0.481 e. The highest BCUT2D eigenvalue weighted by molar-refractivity contribution is 5.84. The van der Waals surface area contributed by atoms with Crippen LogP contribution < -0.4 is 15.6 Å². The van der Waals surface area contributed by atoms with Gasteiger partial charge in [0.25, 0.3) is 11.6 Å². The molecule has 1 aromatic rings. The number of ether oxygens (including phenoxy) is 1. The molecular formula is C15H21N3O5. The lowest BCUT2D eigenvalue weighted by molar-refractivity contribution is -0.384. The van der Waals surface area contributed by atoms with Crippen molar-refractivity contribution in [1.29, 1.82) is 0 Å². The van der Waals surface area contributed by atoms with Crippen LogP contribution in [0.2, 0.25) is 0 Å². The number of amides is 2. The number of hydrazine groups is 1. The van der Waals surface area contributed by atoms with E-state index in [9.17, 15) is 19.7 Å². The van der Waals surface area contributed by atoms with Gasteiger partial charge in [-0.3, -0.25) is 30.6 Å². The maximum absolute atomic E-state index is 11.8. The first-order chi connectivity index (χ1) is 10.9. The number of hydrogen-bond donors (Lipinski definition) is 2. The third-order valence-corrected chi connectivity index (χ3v) is 3.06. The summed E-state index contributed by atoms with van der Waals surface area (Å²) in [5.74, 6) is -0.436. The molecule has 8 nitrogen and oxygen atoms in total. The number of nitrogens with zero attached hydrogens (tertiary/aromatic N) is 1. The van der Waals surface area contributed by atoms with Crippen LogP contribution in [0.25, 0.3) is 0 Å². The second-order valence-electron chi connectivity index (χ2n) is 5.01. The average Bonchev–Trinajstić information content (AvgIpc) is 2.53.